The lowest BCUT2D eigenvalue weighted by Gasteiger charge is -2.32. The predicted octanol–water partition coefficient (Wildman–Crippen LogP) is 2.68. The van der Waals surface area contributed by atoms with E-state index in [2.05, 4.69) is 20.1 Å². The van der Waals surface area contributed by atoms with Gasteiger partial charge in [0, 0.05) is 17.9 Å². The van der Waals surface area contributed by atoms with Gasteiger partial charge in [0.1, 0.15) is 30.6 Å². The summed E-state index contributed by atoms with van der Waals surface area (Å²) in [6.45, 7) is 1.45. The molecule has 3 rings (SSSR count). The second kappa shape index (κ2) is 8.37. The van der Waals surface area contributed by atoms with Crippen molar-refractivity contribution in [1.82, 2.24) is 24.7 Å². The van der Waals surface area contributed by atoms with Crippen molar-refractivity contribution in [3.8, 4) is 0 Å². The summed E-state index contributed by atoms with van der Waals surface area (Å²) in [6.07, 6.45) is 2.51. The Morgan fingerprint density at radius 3 is 2.48 bits per heavy atom. The fourth-order valence-corrected chi connectivity index (χ4v) is 3.55. The fraction of sp³-hybridized carbons (Fsp3) is 0.250. The fourth-order valence-electron chi connectivity index (χ4n) is 3.04. The smallest absolute Gasteiger partial charge is 0.303 e. The monoisotopic (exact) mass is 429 g/mol. The number of nitrogens with zero attached hydrogens (tertiary/aromatic N) is 5. The maximum absolute atomic E-state index is 14.7. The SMILES string of the molecule is CC(c1ncncc1F)C(c1ccc(F)cc1F)C(OP(=O)(O)O)n1cncn1. The molecule has 0 spiro atoms. The minimum absolute atomic E-state index is 0.159. The van der Waals surface area contributed by atoms with Crippen LogP contribution in [-0.2, 0) is 9.09 Å². The summed E-state index contributed by atoms with van der Waals surface area (Å²) < 4.78 is 59.8. The van der Waals surface area contributed by atoms with Crippen LogP contribution in [0.2, 0.25) is 0 Å². The van der Waals surface area contributed by atoms with E-state index in [1.165, 1.54) is 6.92 Å². The van der Waals surface area contributed by atoms with Gasteiger partial charge in [-0.05, 0) is 11.6 Å². The summed E-state index contributed by atoms with van der Waals surface area (Å²) in [5.74, 6) is -4.98. The zero-order valence-corrected chi connectivity index (χ0v) is 15.7. The topological polar surface area (TPSA) is 123 Å². The molecule has 0 radical (unpaired) electrons. The highest BCUT2D eigenvalue weighted by Crippen LogP contribution is 2.49. The third-order valence-electron chi connectivity index (χ3n) is 4.24. The van der Waals surface area contributed by atoms with E-state index in [0.29, 0.717) is 6.07 Å². The van der Waals surface area contributed by atoms with E-state index in [1.54, 1.807) is 0 Å². The van der Waals surface area contributed by atoms with Crippen LogP contribution < -0.4 is 0 Å². The van der Waals surface area contributed by atoms with Crippen molar-refractivity contribution in [3.05, 3.63) is 72.1 Å². The molecule has 0 saturated carbocycles. The first-order chi connectivity index (χ1) is 13.7. The van der Waals surface area contributed by atoms with Crippen LogP contribution in [-0.4, -0.2) is 34.5 Å². The van der Waals surface area contributed by atoms with Gasteiger partial charge in [0.15, 0.2) is 12.0 Å². The molecule has 0 bridgehead atoms. The average Bonchev–Trinajstić information content (AvgIpc) is 3.16. The molecule has 13 heteroatoms. The van der Waals surface area contributed by atoms with E-state index < -0.39 is 43.3 Å². The molecule has 154 valence electrons. The van der Waals surface area contributed by atoms with Gasteiger partial charge in [0.25, 0.3) is 0 Å². The number of hydrogen-bond acceptors (Lipinski definition) is 6. The number of hydrogen-bond donors (Lipinski definition) is 2. The van der Waals surface area contributed by atoms with Crippen LogP contribution >= 0.6 is 7.82 Å². The lowest BCUT2D eigenvalue weighted by Crippen LogP contribution is -2.26. The molecule has 0 aliphatic rings. The minimum Gasteiger partial charge on any atom is -0.303 e. The van der Waals surface area contributed by atoms with Crippen molar-refractivity contribution in [2.24, 2.45) is 0 Å². The molecule has 2 aromatic heterocycles. The third-order valence-corrected chi connectivity index (χ3v) is 4.73. The molecule has 1 aromatic carbocycles. The van der Waals surface area contributed by atoms with Gasteiger partial charge in [-0.1, -0.05) is 13.0 Å². The molecule has 3 aromatic rings. The van der Waals surface area contributed by atoms with Crippen molar-refractivity contribution in [2.75, 3.05) is 0 Å². The van der Waals surface area contributed by atoms with Gasteiger partial charge in [-0.2, -0.15) is 5.10 Å². The lowest BCUT2D eigenvalue weighted by molar-refractivity contribution is 0.0421. The van der Waals surface area contributed by atoms with Crippen LogP contribution in [0.15, 0.2) is 43.4 Å². The van der Waals surface area contributed by atoms with Crippen LogP contribution in [0.25, 0.3) is 0 Å². The molecule has 0 aliphatic heterocycles. The van der Waals surface area contributed by atoms with Gasteiger partial charge in [-0.25, -0.2) is 37.4 Å². The van der Waals surface area contributed by atoms with E-state index in [1.807, 2.05) is 0 Å². The summed E-state index contributed by atoms with van der Waals surface area (Å²) in [4.78, 5) is 29.9. The van der Waals surface area contributed by atoms with E-state index >= 15 is 0 Å². The minimum atomic E-state index is -5.12. The Hall–Kier alpha value is -2.66. The summed E-state index contributed by atoms with van der Waals surface area (Å²) in [7, 11) is -5.12. The number of phosphoric acid groups is 1. The number of halogens is 3. The summed E-state index contributed by atoms with van der Waals surface area (Å²) in [6, 6.07) is 2.64. The van der Waals surface area contributed by atoms with Gasteiger partial charge in [-0.3, -0.25) is 4.52 Å². The number of benzene rings is 1. The molecular formula is C16H15F3N5O4P. The second-order valence-corrected chi connectivity index (χ2v) is 7.29. The average molecular weight is 429 g/mol. The molecule has 29 heavy (non-hydrogen) atoms. The molecule has 3 atom stereocenters. The van der Waals surface area contributed by atoms with E-state index in [-0.39, 0.29) is 11.3 Å². The van der Waals surface area contributed by atoms with Crippen LogP contribution in [0.3, 0.4) is 0 Å². The number of phosphoric ester groups is 1. The molecule has 2 N–H and O–H groups in total. The van der Waals surface area contributed by atoms with Gasteiger partial charge < -0.3 is 9.79 Å². The Labute approximate surface area is 162 Å². The highest BCUT2D eigenvalue weighted by Gasteiger charge is 2.39. The Morgan fingerprint density at radius 2 is 1.90 bits per heavy atom. The van der Waals surface area contributed by atoms with Gasteiger partial charge >= 0.3 is 7.82 Å². The standard InChI is InChI=1S/C16H15F3N5O4P/c1-9(15-13(19)5-20-6-22-15)14(11-3-2-10(17)4-12(11)18)16(28-29(25,26)27)24-8-21-7-23-24/h2-9,14,16H,1H3,(H2,25,26,27). The number of aromatic nitrogens is 5. The van der Waals surface area contributed by atoms with Crippen LogP contribution in [0.1, 0.15) is 36.2 Å². The Kier molecular flexibility index (Phi) is 6.08. The largest absolute Gasteiger partial charge is 0.471 e. The van der Waals surface area contributed by atoms with Crippen molar-refractivity contribution in [3.63, 3.8) is 0 Å². The maximum atomic E-state index is 14.7. The van der Waals surface area contributed by atoms with Gasteiger partial charge in [0.2, 0.25) is 0 Å². The number of rotatable bonds is 7. The van der Waals surface area contributed by atoms with Gasteiger partial charge in [0.05, 0.1) is 11.9 Å². The van der Waals surface area contributed by atoms with Crippen LogP contribution in [0, 0.1) is 17.5 Å². The van der Waals surface area contributed by atoms with Crippen molar-refractivity contribution in [1.29, 1.82) is 0 Å². The Bertz CT molecular complexity index is 1030. The van der Waals surface area contributed by atoms with E-state index in [0.717, 1.165) is 42.0 Å². The molecule has 9 nitrogen and oxygen atoms in total. The zero-order chi connectivity index (χ0) is 21.2. The Morgan fingerprint density at radius 1 is 1.14 bits per heavy atom. The summed E-state index contributed by atoms with van der Waals surface area (Å²) >= 11 is 0. The van der Waals surface area contributed by atoms with Crippen molar-refractivity contribution >= 4 is 7.82 Å². The molecule has 2 heterocycles. The second-order valence-electron chi connectivity index (χ2n) is 6.10. The summed E-state index contributed by atoms with van der Waals surface area (Å²) in [5, 5.41) is 3.81. The quantitative estimate of drug-likeness (QED) is 0.550. The lowest BCUT2D eigenvalue weighted by atomic mass is 9.83. The molecule has 0 saturated heterocycles. The van der Waals surface area contributed by atoms with Crippen molar-refractivity contribution in [2.45, 2.75) is 25.0 Å². The Balaban J connectivity index is 2.20. The molecule has 0 aliphatic carbocycles. The van der Waals surface area contributed by atoms with Gasteiger partial charge in [-0.15, -0.1) is 0 Å². The highest BCUT2D eigenvalue weighted by atomic mass is 31.2. The third kappa shape index (κ3) is 4.85. The summed E-state index contributed by atoms with van der Waals surface area (Å²) in [5.41, 5.74) is -0.348. The van der Waals surface area contributed by atoms with Crippen LogP contribution in [0.4, 0.5) is 13.2 Å². The molecule has 0 amide bonds. The predicted molar refractivity (Wildman–Crippen MR) is 91.7 cm³/mol. The highest BCUT2D eigenvalue weighted by molar-refractivity contribution is 7.46. The normalized spacial score (nSPS) is 15.1. The molecule has 0 fully saturated rings. The zero-order valence-electron chi connectivity index (χ0n) is 14.8. The molecular weight excluding hydrogens is 414 g/mol. The first-order valence-electron chi connectivity index (χ1n) is 8.16. The van der Waals surface area contributed by atoms with E-state index in [9.17, 15) is 27.5 Å². The van der Waals surface area contributed by atoms with Crippen LogP contribution in [0.5, 0.6) is 0 Å². The first-order valence-corrected chi connectivity index (χ1v) is 9.69. The first kappa shape index (κ1) is 21.1. The van der Waals surface area contributed by atoms with Crippen molar-refractivity contribution < 1.29 is 32.0 Å². The maximum Gasteiger partial charge on any atom is 0.471 e. The molecule has 3 unspecified atom stereocenters. The van der Waals surface area contributed by atoms with E-state index in [4.69, 9.17) is 4.52 Å².